The number of benzene rings is 1. The number of hydrogen-bond donors (Lipinski definition) is 0. The van der Waals surface area contributed by atoms with Gasteiger partial charge in [0.1, 0.15) is 0 Å². The molecule has 1 saturated heterocycles. The molecule has 2 rings (SSSR count). The van der Waals surface area contributed by atoms with E-state index >= 15 is 0 Å². The second-order valence-electron chi connectivity index (χ2n) is 3.99. The fourth-order valence-corrected chi connectivity index (χ4v) is 1.91. The van der Waals surface area contributed by atoms with Gasteiger partial charge >= 0.3 is 0 Å². The van der Waals surface area contributed by atoms with Gasteiger partial charge in [0.05, 0.1) is 12.5 Å². The number of hydrogen-bond acceptors (Lipinski definition) is 2. The Kier molecular flexibility index (Phi) is 2.51. The predicted octanol–water partition coefficient (Wildman–Crippen LogP) is 1.78. The van der Waals surface area contributed by atoms with Crippen LogP contribution in [0.2, 0.25) is 0 Å². The van der Waals surface area contributed by atoms with E-state index in [9.17, 15) is 0 Å². The molecule has 0 saturated carbocycles. The van der Waals surface area contributed by atoms with Gasteiger partial charge in [0.25, 0.3) is 0 Å². The molecule has 1 aliphatic heterocycles. The summed E-state index contributed by atoms with van der Waals surface area (Å²) in [4.78, 5) is 2.31. The lowest BCUT2D eigenvalue weighted by Gasteiger charge is -2.36. The molecule has 2 nitrogen and oxygen atoms in total. The first-order valence-electron chi connectivity index (χ1n) is 4.94. The third-order valence-electron chi connectivity index (χ3n) is 2.80. The van der Waals surface area contributed by atoms with Crippen molar-refractivity contribution < 1.29 is 0 Å². The van der Waals surface area contributed by atoms with Crippen LogP contribution >= 0.6 is 0 Å². The van der Waals surface area contributed by atoms with E-state index in [2.05, 4.69) is 42.3 Å². The molecule has 0 unspecified atom stereocenters. The largest absolute Gasteiger partial charge is 0.305 e. The molecule has 0 aliphatic carbocycles. The Bertz CT molecular complexity index is 342. The van der Waals surface area contributed by atoms with Crippen LogP contribution in [0.25, 0.3) is 0 Å². The Morgan fingerprint density at radius 1 is 1.36 bits per heavy atom. The number of nitriles is 1. The van der Waals surface area contributed by atoms with Gasteiger partial charge in [-0.15, -0.1) is 0 Å². The molecule has 0 aromatic heterocycles. The Balaban J connectivity index is 2.04. The SMILES string of the molecule is CN1CC(c2ccc(CC#N)cc2)C1. The molecule has 1 aromatic carbocycles. The van der Waals surface area contributed by atoms with Gasteiger partial charge in [-0.25, -0.2) is 0 Å². The molecule has 0 atom stereocenters. The first kappa shape index (κ1) is 9.23. The molecule has 1 heterocycles. The number of rotatable bonds is 2. The van der Waals surface area contributed by atoms with Crippen molar-refractivity contribution in [3.8, 4) is 6.07 Å². The van der Waals surface area contributed by atoms with E-state index in [1.54, 1.807) is 0 Å². The number of likely N-dealkylation sites (tertiary alicyclic amines) is 1. The lowest BCUT2D eigenvalue weighted by Crippen LogP contribution is -2.41. The minimum atomic E-state index is 0.519. The third kappa shape index (κ3) is 1.78. The molecular formula is C12H14N2. The molecule has 0 N–H and O–H groups in total. The maximum absolute atomic E-state index is 8.53. The molecule has 0 spiro atoms. The van der Waals surface area contributed by atoms with Gasteiger partial charge in [-0.05, 0) is 18.2 Å². The van der Waals surface area contributed by atoms with E-state index in [4.69, 9.17) is 5.26 Å². The highest BCUT2D eigenvalue weighted by molar-refractivity contribution is 5.28. The quantitative estimate of drug-likeness (QED) is 0.704. The summed E-state index contributed by atoms with van der Waals surface area (Å²) in [5.41, 5.74) is 2.52. The zero-order valence-electron chi connectivity index (χ0n) is 8.40. The summed E-state index contributed by atoms with van der Waals surface area (Å²) >= 11 is 0. The maximum atomic E-state index is 8.53. The molecule has 0 bridgehead atoms. The van der Waals surface area contributed by atoms with Gasteiger partial charge in [-0.2, -0.15) is 5.26 Å². The van der Waals surface area contributed by atoms with E-state index in [1.165, 1.54) is 5.56 Å². The molecule has 1 fully saturated rings. The van der Waals surface area contributed by atoms with Crippen LogP contribution in [0.4, 0.5) is 0 Å². The highest BCUT2D eigenvalue weighted by Crippen LogP contribution is 2.25. The maximum Gasteiger partial charge on any atom is 0.0669 e. The average Bonchev–Trinajstić information content (AvgIpc) is 2.15. The van der Waals surface area contributed by atoms with Crippen molar-refractivity contribution in [1.82, 2.24) is 4.90 Å². The Labute approximate surface area is 84.8 Å². The normalized spacial score (nSPS) is 17.4. The van der Waals surface area contributed by atoms with Crippen LogP contribution in [-0.2, 0) is 6.42 Å². The van der Waals surface area contributed by atoms with Crippen LogP contribution in [0.3, 0.4) is 0 Å². The van der Waals surface area contributed by atoms with Crippen LogP contribution in [0.15, 0.2) is 24.3 Å². The van der Waals surface area contributed by atoms with Crippen molar-refractivity contribution in [3.63, 3.8) is 0 Å². The molecule has 14 heavy (non-hydrogen) atoms. The molecule has 1 aliphatic rings. The van der Waals surface area contributed by atoms with Crippen LogP contribution in [-0.4, -0.2) is 25.0 Å². The zero-order valence-corrected chi connectivity index (χ0v) is 8.40. The topological polar surface area (TPSA) is 27.0 Å². The van der Waals surface area contributed by atoms with Crippen molar-refractivity contribution in [2.75, 3.05) is 20.1 Å². The van der Waals surface area contributed by atoms with Gasteiger partial charge < -0.3 is 4.90 Å². The van der Waals surface area contributed by atoms with Crippen molar-refractivity contribution >= 4 is 0 Å². The minimum Gasteiger partial charge on any atom is -0.305 e. The summed E-state index contributed by atoms with van der Waals surface area (Å²) in [5.74, 6) is 0.705. The summed E-state index contributed by atoms with van der Waals surface area (Å²) in [6, 6.07) is 10.6. The fraction of sp³-hybridized carbons (Fsp3) is 0.417. The van der Waals surface area contributed by atoms with Crippen molar-refractivity contribution in [2.45, 2.75) is 12.3 Å². The first-order valence-corrected chi connectivity index (χ1v) is 4.94. The van der Waals surface area contributed by atoms with E-state index in [1.807, 2.05) is 0 Å². The van der Waals surface area contributed by atoms with Gasteiger partial charge in [-0.3, -0.25) is 0 Å². The first-order chi connectivity index (χ1) is 6.79. The number of nitrogens with zero attached hydrogens (tertiary/aromatic N) is 2. The van der Waals surface area contributed by atoms with Gasteiger partial charge in [0.2, 0.25) is 0 Å². The van der Waals surface area contributed by atoms with Gasteiger partial charge in [0, 0.05) is 19.0 Å². The molecule has 0 amide bonds. The van der Waals surface area contributed by atoms with E-state index in [-0.39, 0.29) is 0 Å². The standard InChI is InChI=1S/C12H14N2/c1-14-8-12(9-14)11-4-2-10(3-5-11)6-7-13/h2-5,12H,6,8-9H2,1H3. The van der Waals surface area contributed by atoms with Crippen LogP contribution in [0.1, 0.15) is 17.0 Å². The zero-order chi connectivity index (χ0) is 9.97. The highest BCUT2D eigenvalue weighted by Gasteiger charge is 2.24. The summed E-state index contributed by atoms with van der Waals surface area (Å²) < 4.78 is 0. The smallest absolute Gasteiger partial charge is 0.0669 e. The van der Waals surface area contributed by atoms with E-state index in [0.29, 0.717) is 12.3 Å². The van der Waals surface area contributed by atoms with Gasteiger partial charge in [-0.1, -0.05) is 24.3 Å². The monoisotopic (exact) mass is 186 g/mol. The summed E-state index contributed by atoms with van der Waals surface area (Å²) in [7, 11) is 2.14. The molecule has 72 valence electrons. The lowest BCUT2D eigenvalue weighted by atomic mass is 9.91. The van der Waals surface area contributed by atoms with Crippen LogP contribution < -0.4 is 0 Å². The van der Waals surface area contributed by atoms with Crippen molar-refractivity contribution in [2.24, 2.45) is 0 Å². The van der Waals surface area contributed by atoms with Crippen molar-refractivity contribution in [3.05, 3.63) is 35.4 Å². The second kappa shape index (κ2) is 3.81. The van der Waals surface area contributed by atoms with E-state index in [0.717, 1.165) is 18.7 Å². The molecule has 1 aromatic rings. The Morgan fingerprint density at radius 2 is 2.00 bits per heavy atom. The average molecular weight is 186 g/mol. The minimum absolute atomic E-state index is 0.519. The van der Waals surface area contributed by atoms with Crippen molar-refractivity contribution in [1.29, 1.82) is 5.26 Å². The molecule has 0 radical (unpaired) electrons. The van der Waals surface area contributed by atoms with Crippen LogP contribution in [0.5, 0.6) is 0 Å². The number of likely N-dealkylation sites (N-methyl/N-ethyl adjacent to an activating group) is 1. The Morgan fingerprint density at radius 3 is 2.50 bits per heavy atom. The second-order valence-corrected chi connectivity index (χ2v) is 3.99. The van der Waals surface area contributed by atoms with E-state index < -0.39 is 0 Å². The fourth-order valence-electron chi connectivity index (χ4n) is 1.91. The highest BCUT2D eigenvalue weighted by atomic mass is 15.2. The molecular weight excluding hydrogens is 172 g/mol. The summed E-state index contributed by atoms with van der Waals surface area (Å²) in [6.45, 7) is 2.33. The molecule has 2 heteroatoms. The third-order valence-corrected chi connectivity index (χ3v) is 2.80. The predicted molar refractivity (Wildman–Crippen MR) is 56.0 cm³/mol. The summed E-state index contributed by atoms with van der Waals surface area (Å²) in [6.07, 6.45) is 0.519. The van der Waals surface area contributed by atoms with Crippen LogP contribution in [0, 0.1) is 11.3 Å². The van der Waals surface area contributed by atoms with Gasteiger partial charge in [0.15, 0.2) is 0 Å². The summed E-state index contributed by atoms with van der Waals surface area (Å²) in [5, 5.41) is 8.53. The lowest BCUT2D eigenvalue weighted by molar-refractivity contribution is 0.190. The Hall–Kier alpha value is -1.33.